The van der Waals surface area contributed by atoms with Crippen LogP contribution < -0.4 is 10.2 Å². The molecule has 14 heavy (non-hydrogen) atoms. The molecule has 5 heteroatoms. The van der Waals surface area contributed by atoms with Gasteiger partial charge in [0.15, 0.2) is 0 Å². The fraction of sp³-hybridized carbons (Fsp3) is 0.556. The standard InChI is InChI=1S/C9H16N4O/c1-10-8-6-9(12-7-11-8)13(2)4-3-5-14/h6-7,14H,3-5H2,1-2H3,(H,10,11,12). The van der Waals surface area contributed by atoms with Gasteiger partial charge >= 0.3 is 0 Å². The van der Waals surface area contributed by atoms with Gasteiger partial charge in [0.05, 0.1) is 0 Å². The summed E-state index contributed by atoms with van der Waals surface area (Å²) in [7, 11) is 3.76. The maximum absolute atomic E-state index is 8.69. The van der Waals surface area contributed by atoms with Crippen molar-refractivity contribution in [2.45, 2.75) is 6.42 Å². The monoisotopic (exact) mass is 196 g/mol. The Hall–Kier alpha value is -1.36. The van der Waals surface area contributed by atoms with Crippen LogP contribution >= 0.6 is 0 Å². The minimum atomic E-state index is 0.203. The number of rotatable bonds is 5. The quantitative estimate of drug-likeness (QED) is 0.711. The van der Waals surface area contributed by atoms with Crippen LogP contribution in [0.25, 0.3) is 0 Å². The molecule has 1 heterocycles. The zero-order chi connectivity index (χ0) is 10.4. The number of aliphatic hydroxyl groups is 1. The molecule has 0 spiro atoms. The number of nitrogens with zero attached hydrogens (tertiary/aromatic N) is 3. The van der Waals surface area contributed by atoms with Crippen LogP contribution in [0.4, 0.5) is 11.6 Å². The normalized spacial score (nSPS) is 9.93. The molecule has 0 aliphatic heterocycles. The molecule has 0 aliphatic rings. The Labute approximate surface area is 83.8 Å². The van der Waals surface area contributed by atoms with Crippen molar-refractivity contribution in [2.75, 3.05) is 37.5 Å². The van der Waals surface area contributed by atoms with Crippen molar-refractivity contribution in [2.24, 2.45) is 0 Å². The first kappa shape index (κ1) is 10.7. The summed E-state index contributed by atoms with van der Waals surface area (Å²) in [5, 5.41) is 11.6. The van der Waals surface area contributed by atoms with Gasteiger partial charge in [0.2, 0.25) is 0 Å². The van der Waals surface area contributed by atoms with Crippen LogP contribution in [0, 0.1) is 0 Å². The van der Waals surface area contributed by atoms with Crippen LogP contribution in [0.1, 0.15) is 6.42 Å². The first-order chi connectivity index (χ1) is 6.77. The van der Waals surface area contributed by atoms with Crippen LogP contribution in [0.5, 0.6) is 0 Å². The molecule has 0 amide bonds. The van der Waals surface area contributed by atoms with E-state index < -0.39 is 0 Å². The number of aromatic nitrogens is 2. The lowest BCUT2D eigenvalue weighted by molar-refractivity contribution is 0.290. The minimum absolute atomic E-state index is 0.203. The van der Waals surface area contributed by atoms with Crippen LogP contribution in [-0.4, -0.2) is 42.3 Å². The smallest absolute Gasteiger partial charge is 0.133 e. The second kappa shape index (κ2) is 5.39. The third kappa shape index (κ3) is 2.85. The number of aliphatic hydroxyl groups excluding tert-OH is 1. The topological polar surface area (TPSA) is 61.3 Å². The summed E-state index contributed by atoms with van der Waals surface area (Å²) >= 11 is 0. The number of nitrogens with one attached hydrogen (secondary N) is 1. The molecule has 1 aromatic heterocycles. The van der Waals surface area contributed by atoms with Gasteiger partial charge in [-0.05, 0) is 6.42 Å². The zero-order valence-electron chi connectivity index (χ0n) is 8.56. The van der Waals surface area contributed by atoms with Crippen molar-refractivity contribution < 1.29 is 5.11 Å². The van der Waals surface area contributed by atoms with Crippen LogP contribution in [-0.2, 0) is 0 Å². The van der Waals surface area contributed by atoms with Gasteiger partial charge in [-0.2, -0.15) is 0 Å². The average Bonchev–Trinajstić information content (AvgIpc) is 2.26. The highest BCUT2D eigenvalue weighted by Crippen LogP contribution is 2.11. The molecule has 1 aromatic rings. The Morgan fingerprint density at radius 2 is 2.29 bits per heavy atom. The maximum atomic E-state index is 8.69. The molecule has 0 fully saturated rings. The predicted octanol–water partition coefficient (Wildman–Crippen LogP) is 0.337. The second-order valence-corrected chi connectivity index (χ2v) is 3.01. The zero-order valence-corrected chi connectivity index (χ0v) is 8.56. The molecule has 1 rings (SSSR count). The van der Waals surface area contributed by atoms with E-state index in [1.54, 1.807) is 0 Å². The molecular formula is C9H16N4O. The molecule has 78 valence electrons. The fourth-order valence-corrected chi connectivity index (χ4v) is 1.11. The second-order valence-electron chi connectivity index (χ2n) is 3.01. The number of anilines is 2. The number of hydrogen-bond acceptors (Lipinski definition) is 5. The molecular weight excluding hydrogens is 180 g/mol. The van der Waals surface area contributed by atoms with Gasteiger partial charge in [0.25, 0.3) is 0 Å². The van der Waals surface area contributed by atoms with Crippen molar-refractivity contribution in [1.29, 1.82) is 0 Å². The van der Waals surface area contributed by atoms with E-state index >= 15 is 0 Å². The first-order valence-corrected chi connectivity index (χ1v) is 4.59. The Bertz CT molecular complexity index is 279. The van der Waals surface area contributed by atoms with Crippen LogP contribution in [0.2, 0.25) is 0 Å². The number of hydrogen-bond donors (Lipinski definition) is 2. The minimum Gasteiger partial charge on any atom is -0.396 e. The molecule has 0 aromatic carbocycles. The average molecular weight is 196 g/mol. The van der Waals surface area contributed by atoms with Crippen LogP contribution in [0.15, 0.2) is 12.4 Å². The van der Waals surface area contributed by atoms with E-state index in [4.69, 9.17) is 5.11 Å². The van der Waals surface area contributed by atoms with Crippen molar-refractivity contribution in [3.05, 3.63) is 12.4 Å². The van der Waals surface area contributed by atoms with E-state index in [1.807, 2.05) is 25.1 Å². The van der Waals surface area contributed by atoms with Crippen molar-refractivity contribution in [1.82, 2.24) is 9.97 Å². The highest BCUT2D eigenvalue weighted by molar-refractivity contribution is 5.47. The highest BCUT2D eigenvalue weighted by atomic mass is 16.3. The summed E-state index contributed by atoms with van der Waals surface area (Å²) in [6.45, 7) is 0.991. The van der Waals surface area contributed by atoms with Gasteiger partial charge in [-0.1, -0.05) is 0 Å². The van der Waals surface area contributed by atoms with Gasteiger partial charge in [0, 0.05) is 33.3 Å². The van der Waals surface area contributed by atoms with Crippen molar-refractivity contribution in [3.8, 4) is 0 Å². The van der Waals surface area contributed by atoms with E-state index in [0.717, 1.165) is 24.6 Å². The van der Waals surface area contributed by atoms with Gasteiger partial charge in [-0.15, -0.1) is 0 Å². The van der Waals surface area contributed by atoms with Gasteiger partial charge in [-0.25, -0.2) is 9.97 Å². The summed E-state index contributed by atoms with van der Waals surface area (Å²) in [6.07, 6.45) is 2.27. The maximum Gasteiger partial charge on any atom is 0.133 e. The molecule has 0 aliphatic carbocycles. The lowest BCUT2D eigenvalue weighted by Crippen LogP contribution is -2.20. The van der Waals surface area contributed by atoms with Crippen molar-refractivity contribution >= 4 is 11.6 Å². The molecule has 0 saturated carbocycles. The van der Waals surface area contributed by atoms with E-state index in [9.17, 15) is 0 Å². The molecule has 0 saturated heterocycles. The Balaban J connectivity index is 2.64. The van der Waals surface area contributed by atoms with E-state index in [0.29, 0.717) is 0 Å². The largest absolute Gasteiger partial charge is 0.396 e. The van der Waals surface area contributed by atoms with Crippen molar-refractivity contribution in [3.63, 3.8) is 0 Å². The summed E-state index contributed by atoms with van der Waals surface area (Å²) in [4.78, 5) is 10.1. The Kier molecular flexibility index (Phi) is 4.12. The first-order valence-electron chi connectivity index (χ1n) is 4.59. The molecule has 5 nitrogen and oxygen atoms in total. The lowest BCUT2D eigenvalue weighted by atomic mass is 10.4. The van der Waals surface area contributed by atoms with Gasteiger partial charge < -0.3 is 15.3 Å². The highest BCUT2D eigenvalue weighted by Gasteiger charge is 2.02. The summed E-state index contributed by atoms with van der Waals surface area (Å²) < 4.78 is 0. The summed E-state index contributed by atoms with van der Waals surface area (Å²) in [5.41, 5.74) is 0. The Morgan fingerprint density at radius 1 is 1.50 bits per heavy atom. The molecule has 2 N–H and O–H groups in total. The lowest BCUT2D eigenvalue weighted by Gasteiger charge is -2.17. The third-order valence-electron chi connectivity index (χ3n) is 1.95. The SMILES string of the molecule is CNc1cc(N(C)CCCO)ncn1. The van der Waals surface area contributed by atoms with Crippen LogP contribution in [0.3, 0.4) is 0 Å². The van der Waals surface area contributed by atoms with Gasteiger partial charge in [-0.3, -0.25) is 0 Å². The molecule has 0 bridgehead atoms. The summed E-state index contributed by atoms with van der Waals surface area (Å²) in [6, 6.07) is 1.87. The fourth-order valence-electron chi connectivity index (χ4n) is 1.11. The molecule has 0 unspecified atom stereocenters. The van der Waals surface area contributed by atoms with E-state index in [1.165, 1.54) is 6.33 Å². The molecule has 0 atom stereocenters. The summed E-state index contributed by atoms with van der Waals surface area (Å²) in [5.74, 6) is 1.66. The van der Waals surface area contributed by atoms with E-state index in [-0.39, 0.29) is 6.61 Å². The third-order valence-corrected chi connectivity index (χ3v) is 1.95. The van der Waals surface area contributed by atoms with Gasteiger partial charge in [0.1, 0.15) is 18.0 Å². The van der Waals surface area contributed by atoms with E-state index in [2.05, 4.69) is 15.3 Å². The predicted molar refractivity (Wildman–Crippen MR) is 56.6 cm³/mol. The Morgan fingerprint density at radius 3 is 2.93 bits per heavy atom. The molecule has 0 radical (unpaired) electrons.